The maximum atomic E-state index is 13.9. The molecular weight excluding hydrogens is 444 g/mol. The molecule has 1 aliphatic heterocycles. The number of likely N-dealkylation sites (N-methyl/N-ethyl adjacent to an activating group) is 1. The van der Waals surface area contributed by atoms with Crippen molar-refractivity contribution in [3.63, 3.8) is 0 Å². The highest BCUT2D eigenvalue weighted by molar-refractivity contribution is 5.95. The largest absolute Gasteiger partial charge is 0.341 e. The maximum absolute atomic E-state index is 13.9. The lowest BCUT2D eigenvalue weighted by atomic mass is 9.74. The van der Waals surface area contributed by atoms with Crippen LogP contribution in [0, 0.1) is 5.92 Å². The Balaban J connectivity index is 1.51. The predicted molar refractivity (Wildman–Crippen MR) is 145 cm³/mol. The van der Waals surface area contributed by atoms with Gasteiger partial charge in [0.15, 0.2) is 0 Å². The Kier molecular flexibility index (Phi) is 7.35. The van der Waals surface area contributed by atoms with Crippen LogP contribution in [0.3, 0.4) is 0 Å². The van der Waals surface area contributed by atoms with Gasteiger partial charge in [0.05, 0.1) is 11.3 Å². The lowest BCUT2D eigenvalue weighted by Gasteiger charge is -2.34. The van der Waals surface area contributed by atoms with E-state index >= 15 is 0 Å². The SMILES string of the molecule is CC1CCN(c2ncc(C(=O)N(C)CCc3ccccc3)c(C3(c4ccccc4)CCCC3)n2)CC1. The van der Waals surface area contributed by atoms with Gasteiger partial charge in [-0.25, -0.2) is 9.97 Å². The smallest absolute Gasteiger partial charge is 0.257 e. The van der Waals surface area contributed by atoms with E-state index in [1.54, 1.807) is 0 Å². The molecule has 1 aromatic heterocycles. The minimum Gasteiger partial charge on any atom is -0.341 e. The molecule has 188 valence electrons. The number of hydrogen-bond acceptors (Lipinski definition) is 4. The van der Waals surface area contributed by atoms with E-state index in [1.807, 2.05) is 36.3 Å². The molecule has 2 aliphatic rings. The van der Waals surface area contributed by atoms with Gasteiger partial charge in [-0.05, 0) is 49.1 Å². The molecule has 0 atom stereocenters. The van der Waals surface area contributed by atoms with Crippen LogP contribution in [0.1, 0.15) is 72.6 Å². The quantitative estimate of drug-likeness (QED) is 0.421. The fourth-order valence-electron chi connectivity index (χ4n) is 5.90. The number of rotatable bonds is 7. The molecule has 0 N–H and O–H groups in total. The number of piperidine rings is 1. The van der Waals surface area contributed by atoms with Crippen LogP contribution in [0.4, 0.5) is 5.95 Å². The molecule has 0 spiro atoms. The van der Waals surface area contributed by atoms with E-state index in [1.165, 1.54) is 11.1 Å². The number of benzene rings is 2. The van der Waals surface area contributed by atoms with Gasteiger partial charge in [0.1, 0.15) is 0 Å². The molecule has 3 aromatic rings. The minimum atomic E-state index is -0.243. The lowest BCUT2D eigenvalue weighted by Crippen LogP contribution is -2.37. The first-order valence-corrected chi connectivity index (χ1v) is 13.5. The molecule has 5 heteroatoms. The molecule has 2 aromatic carbocycles. The van der Waals surface area contributed by atoms with Crippen molar-refractivity contribution in [2.45, 2.75) is 57.3 Å². The topological polar surface area (TPSA) is 49.3 Å². The van der Waals surface area contributed by atoms with Crippen molar-refractivity contribution in [2.24, 2.45) is 5.92 Å². The van der Waals surface area contributed by atoms with Crippen molar-refractivity contribution in [3.05, 3.63) is 89.2 Å². The van der Waals surface area contributed by atoms with Crippen LogP contribution >= 0.6 is 0 Å². The monoisotopic (exact) mass is 482 g/mol. The third-order valence-electron chi connectivity index (χ3n) is 8.24. The third kappa shape index (κ3) is 5.02. The number of nitrogens with zero attached hydrogens (tertiary/aromatic N) is 4. The Hall–Kier alpha value is -3.21. The van der Waals surface area contributed by atoms with E-state index in [0.29, 0.717) is 12.1 Å². The van der Waals surface area contributed by atoms with E-state index in [-0.39, 0.29) is 11.3 Å². The summed E-state index contributed by atoms with van der Waals surface area (Å²) in [5, 5.41) is 0. The number of carbonyl (C=O) groups excluding carboxylic acids is 1. The summed E-state index contributed by atoms with van der Waals surface area (Å²) in [6.07, 6.45) is 9.28. The van der Waals surface area contributed by atoms with Crippen LogP contribution in [0.25, 0.3) is 0 Å². The first-order valence-electron chi connectivity index (χ1n) is 13.5. The zero-order valence-electron chi connectivity index (χ0n) is 21.7. The minimum absolute atomic E-state index is 0.0157. The van der Waals surface area contributed by atoms with E-state index in [9.17, 15) is 4.79 Å². The molecule has 5 rings (SSSR count). The lowest BCUT2D eigenvalue weighted by molar-refractivity contribution is 0.0793. The van der Waals surface area contributed by atoms with E-state index in [4.69, 9.17) is 9.97 Å². The summed E-state index contributed by atoms with van der Waals surface area (Å²) in [5.74, 6) is 1.54. The highest BCUT2D eigenvalue weighted by Crippen LogP contribution is 2.47. The van der Waals surface area contributed by atoms with Gasteiger partial charge in [-0.2, -0.15) is 0 Å². The summed E-state index contributed by atoms with van der Waals surface area (Å²) in [6, 6.07) is 21.1. The van der Waals surface area contributed by atoms with Gasteiger partial charge in [-0.15, -0.1) is 0 Å². The van der Waals surface area contributed by atoms with Crippen LogP contribution in [-0.2, 0) is 11.8 Å². The molecule has 1 saturated heterocycles. The number of aromatic nitrogens is 2. The Morgan fingerprint density at radius 3 is 2.31 bits per heavy atom. The highest BCUT2D eigenvalue weighted by Gasteiger charge is 2.42. The average Bonchev–Trinajstić information content (AvgIpc) is 3.44. The number of hydrogen-bond donors (Lipinski definition) is 0. The predicted octanol–water partition coefficient (Wildman–Crippen LogP) is 5.89. The molecule has 0 radical (unpaired) electrons. The van der Waals surface area contributed by atoms with Crippen LogP contribution in [0.5, 0.6) is 0 Å². The van der Waals surface area contributed by atoms with Crippen molar-refractivity contribution in [3.8, 4) is 0 Å². The van der Waals surface area contributed by atoms with E-state index in [2.05, 4.69) is 54.3 Å². The van der Waals surface area contributed by atoms with Crippen LogP contribution in [0.2, 0.25) is 0 Å². The molecule has 0 bridgehead atoms. The summed E-state index contributed by atoms with van der Waals surface area (Å²) in [4.78, 5) is 28.0. The van der Waals surface area contributed by atoms with Gasteiger partial charge >= 0.3 is 0 Å². The van der Waals surface area contributed by atoms with Crippen LogP contribution < -0.4 is 4.90 Å². The Morgan fingerprint density at radius 2 is 1.64 bits per heavy atom. The fraction of sp³-hybridized carbons (Fsp3) is 0.452. The number of anilines is 1. The molecule has 2 fully saturated rings. The number of carbonyl (C=O) groups is 1. The molecule has 1 saturated carbocycles. The zero-order valence-corrected chi connectivity index (χ0v) is 21.7. The van der Waals surface area contributed by atoms with Gasteiger partial charge in [0.25, 0.3) is 5.91 Å². The molecular formula is C31H38N4O. The van der Waals surface area contributed by atoms with Crippen molar-refractivity contribution in [1.29, 1.82) is 0 Å². The average molecular weight is 483 g/mol. The zero-order chi connectivity index (χ0) is 25.0. The summed E-state index contributed by atoms with van der Waals surface area (Å²) in [7, 11) is 1.90. The van der Waals surface area contributed by atoms with Crippen molar-refractivity contribution in [2.75, 3.05) is 31.6 Å². The molecule has 1 amide bonds. The van der Waals surface area contributed by atoms with Gasteiger partial charge in [0, 0.05) is 38.3 Å². The van der Waals surface area contributed by atoms with Gasteiger partial charge in [-0.1, -0.05) is 80.4 Å². The van der Waals surface area contributed by atoms with Gasteiger partial charge < -0.3 is 9.80 Å². The second kappa shape index (κ2) is 10.8. The Labute approximate surface area is 215 Å². The fourth-order valence-corrected chi connectivity index (χ4v) is 5.90. The van der Waals surface area contributed by atoms with Gasteiger partial charge in [-0.3, -0.25) is 4.79 Å². The number of amides is 1. The molecule has 1 aliphatic carbocycles. The maximum Gasteiger partial charge on any atom is 0.257 e. The molecule has 2 heterocycles. The van der Waals surface area contributed by atoms with Crippen molar-refractivity contribution in [1.82, 2.24) is 14.9 Å². The Bertz CT molecular complexity index is 1150. The van der Waals surface area contributed by atoms with E-state index in [0.717, 1.165) is 75.6 Å². The standard InChI is InChI=1S/C31H38N4O/c1-24-15-21-35(22-16-24)30-32-23-27(29(36)34(2)20-17-25-11-5-3-6-12-25)28(33-30)31(18-9-10-19-31)26-13-7-4-8-14-26/h3-8,11-14,23-24H,9-10,15-22H2,1-2H3. The van der Waals surface area contributed by atoms with Gasteiger partial charge in [0.2, 0.25) is 5.95 Å². The highest BCUT2D eigenvalue weighted by atomic mass is 16.2. The normalized spacial score (nSPS) is 17.8. The van der Waals surface area contributed by atoms with Crippen LogP contribution in [-0.4, -0.2) is 47.5 Å². The van der Waals surface area contributed by atoms with Crippen molar-refractivity contribution >= 4 is 11.9 Å². The summed E-state index contributed by atoms with van der Waals surface area (Å²) in [6.45, 7) is 4.93. The third-order valence-corrected chi connectivity index (χ3v) is 8.24. The summed E-state index contributed by atoms with van der Waals surface area (Å²) < 4.78 is 0. The van der Waals surface area contributed by atoms with Crippen molar-refractivity contribution < 1.29 is 4.79 Å². The second-order valence-electron chi connectivity index (χ2n) is 10.7. The van der Waals surface area contributed by atoms with E-state index < -0.39 is 0 Å². The molecule has 36 heavy (non-hydrogen) atoms. The molecule has 0 unspecified atom stereocenters. The summed E-state index contributed by atoms with van der Waals surface area (Å²) in [5.41, 5.74) is 3.84. The second-order valence-corrected chi connectivity index (χ2v) is 10.7. The molecule has 5 nitrogen and oxygen atoms in total. The first-order chi connectivity index (χ1) is 17.6. The first kappa shape index (κ1) is 24.5. The van der Waals surface area contributed by atoms with Crippen LogP contribution in [0.15, 0.2) is 66.9 Å². The Morgan fingerprint density at radius 1 is 1.00 bits per heavy atom. The summed E-state index contributed by atoms with van der Waals surface area (Å²) >= 11 is 0.